The summed E-state index contributed by atoms with van der Waals surface area (Å²) in [6.45, 7) is 12.5. The quantitative estimate of drug-likeness (QED) is 0.170. The molecule has 5 nitrogen and oxygen atoms in total. The largest absolute Gasteiger partial charge is 0.443 e. The fraction of sp³-hybridized carbons (Fsp3) is 0.667. The highest BCUT2D eigenvalue weighted by molar-refractivity contribution is 6.69. The van der Waals surface area contributed by atoms with Gasteiger partial charge in [-0.15, -0.1) is 6.58 Å². The average Bonchev–Trinajstić information content (AvgIpc) is 2.14. The average molecular weight is 273 g/mol. The molecule has 18 heavy (non-hydrogen) atoms. The first-order chi connectivity index (χ1) is 8.10. The van der Waals surface area contributed by atoms with Crippen molar-refractivity contribution in [2.45, 2.75) is 45.5 Å². The zero-order valence-corrected chi connectivity index (χ0v) is 12.9. The van der Waals surface area contributed by atoms with Crippen LogP contribution in [0, 0.1) is 5.21 Å². The molecule has 0 heterocycles. The van der Waals surface area contributed by atoms with E-state index in [1.54, 1.807) is 13.0 Å². The molecule has 0 N–H and O–H groups in total. The fourth-order valence-electron chi connectivity index (χ4n) is 1.08. The molecule has 1 unspecified atom stereocenters. The van der Waals surface area contributed by atoms with Gasteiger partial charge >= 0.3 is 0 Å². The van der Waals surface area contributed by atoms with E-state index in [1.807, 2.05) is 19.6 Å². The number of rotatable bonds is 8. The Morgan fingerprint density at radius 1 is 1.50 bits per heavy atom. The summed E-state index contributed by atoms with van der Waals surface area (Å²) >= 11 is 0. The van der Waals surface area contributed by atoms with E-state index in [-0.39, 0.29) is 5.78 Å². The van der Waals surface area contributed by atoms with Crippen LogP contribution < -0.4 is 0 Å². The maximum atomic E-state index is 11.6. The molecule has 6 heteroatoms. The van der Waals surface area contributed by atoms with Crippen molar-refractivity contribution in [1.29, 1.82) is 0 Å². The topological polar surface area (TPSA) is 61.6 Å². The van der Waals surface area contributed by atoms with Gasteiger partial charge in [0.25, 0.3) is 0 Å². The van der Waals surface area contributed by atoms with Crippen molar-refractivity contribution in [3.8, 4) is 0 Å². The van der Waals surface area contributed by atoms with Crippen molar-refractivity contribution < 1.29 is 19.0 Å². The number of carbonyl (C=O) groups excluding carboxylic acids is 1. The van der Waals surface area contributed by atoms with Gasteiger partial charge in [0.15, 0.2) is 14.1 Å². The molecule has 104 valence electrons. The third-order valence-corrected chi connectivity index (χ3v) is 2.87. The van der Waals surface area contributed by atoms with Crippen molar-refractivity contribution in [3.05, 3.63) is 17.9 Å². The molecule has 0 aliphatic heterocycles. The van der Waals surface area contributed by atoms with Gasteiger partial charge in [0.1, 0.15) is 0 Å². The Balaban J connectivity index is 4.83. The van der Waals surface area contributed by atoms with E-state index in [0.29, 0.717) is 17.9 Å². The summed E-state index contributed by atoms with van der Waals surface area (Å²) in [5, 5.41) is 11.6. The van der Waals surface area contributed by atoms with Crippen molar-refractivity contribution in [3.63, 3.8) is 0 Å². The van der Waals surface area contributed by atoms with Gasteiger partial charge in [-0.2, -0.15) is 0 Å². The van der Waals surface area contributed by atoms with E-state index >= 15 is 0 Å². The molecule has 0 aliphatic carbocycles. The zero-order valence-electron chi connectivity index (χ0n) is 11.9. The van der Waals surface area contributed by atoms with E-state index in [2.05, 4.69) is 6.58 Å². The van der Waals surface area contributed by atoms with E-state index in [4.69, 9.17) is 9.26 Å². The van der Waals surface area contributed by atoms with Gasteiger partial charge in [-0.1, -0.05) is 25.7 Å². The van der Waals surface area contributed by atoms with E-state index in [1.165, 1.54) is 6.92 Å². The minimum Gasteiger partial charge on any atom is -0.443 e. The molecule has 0 rings (SSSR count). The molecule has 0 aromatic heterocycles. The normalized spacial score (nSPS) is 15.9. The van der Waals surface area contributed by atoms with Crippen molar-refractivity contribution in [2.24, 2.45) is 0 Å². The van der Waals surface area contributed by atoms with Crippen LogP contribution in [0.15, 0.2) is 12.7 Å². The summed E-state index contributed by atoms with van der Waals surface area (Å²) in [5.41, 5.74) is -1.26. The Morgan fingerprint density at radius 3 is 2.44 bits per heavy atom. The maximum Gasteiger partial charge on any atom is 0.248 e. The van der Waals surface area contributed by atoms with Crippen LogP contribution in [0.5, 0.6) is 0 Å². The Kier molecular flexibility index (Phi) is 6.27. The minimum absolute atomic E-state index is 0.244. The molecule has 0 saturated carbocycles. The third-order valence-electron chi connectivity index (χ3n) is 2.14. The second-order valence-corrected chi connectivity index (χ2v) is 9.61. The Bertz CT molecular complexity index is 335. The molecule has 0 amide bonds. The predicted octanol–water partition coefficient (Wildman–Crippen LogP) is 2.27. The lowest BCUT2D eigenvalue weighted by atomic mass is 10.0. The van der Waals surface area contributed by atoms with E-state index < -0.39 is 13.9 Å². The smallest absolute Gasteiger partial charge is 0.248 e. The van der Waals surface area contributed by atoms with Crippen LogP contribution in [-0.4, -0.2) is 37.4 Å². The molecule has 0 aromatic carbocycles. The zero-order chi connectivity index (χ0) is 14.4. The van der Waals surface area contributed by atoms with Crippen molar-refractivity contribution in [2.75, 3.05) is 6.61 Å². The lowest BCUT2D eigenvalue weighted by Crippen LogP contribution is -2.43. The first-order valence-electron chi connectivity index (χ1n) is 5.88. The summed E-state index contributed by atoms with van der Waals surface area (Å²) in [7, 11) is -1.99. The highest BCUT2D eigenvalue weighted by Gasteiger charge is 2.34. The van der Waals surface area contributed by atoms with Crippen molar-refractivity contribution in [1.82, 2.24) is 0 Å². The molecule has 0 saturated heterocycles. The standard InChI is InChI=1S/C12H23NO4Si/c1-7-8-9-16-12(3,11(2)14)10-13(15)17-18(4,5)6/h7,10H,1,8-9H2,2-6H3/b13-10+. The van der Waals surface area contributed by atoms with Gasteiger partial charge in [-0.25, -0.2) is 0 Å². The number of Topliss-reactive ketones (excluding diaryl/α,β-unsaturated/α-hetero) is 1. The number of carbonyl (C=O) groups is 1. The lowest BCUT2D eigenvalue weighted by molar-refractivity contribution is -0.702. The molecular formula is C12H23NO4Si. The molecule has 0 aliphatic rings. The highest BCUT2D eigenvalue weighted by Crippen LogP contribution is 2.11. The molecule has 0 aromatic rings. The number of hydrogen-bond acceptors (Lipinski definition) is 4. The number of nitrogens with zero attached hydrogens (tertiary/aromatic N) is 1. The van der Waals surface area contributed by atoms with Crippen molar-refractivity contribution >= 4 is 20.3 Å². The number of ether oxygens (including phenoxy) is 1. The summed E-state index contributed by atoms with van der Waals surface area (Å²) < 4.78 is 10.6. The molecule has 0 spiro atoms. The lowest BCUT2D eigenvalue weighted by Gasteiger charge is -2.23. The monoisotopic (exact) mass is 273 g/mol. The minimum atomic E-state index is -1.99. The van der Waals surface area contributed by atoms with Crippen LogP contribution in [0.3, 0.4) is 0 Å². The maximum absolute atomic E-state index is 11.6. The molecule has 0 fully saturated rings. The molecule has 1 atom stereocenters. The van der Waals surface area contributed by atoms with Crippen LogP contribution in [-0.2, 0) is 14.1 Å². The van der Waals surface area contributed by atoms with Crippen LogP contribution in [0.25, 0.3) is 0 Å². The van der Waals surface area contributed by atoms with Crippen LogP contribution >= 0.6 is 0 Å². The first-order valence-corrected chi connectivity index (χ1v) is 9.29. The summed E-state index contributed by atoms with van der Waals surface area (Å²) in [5.74, 6) is -0.244. The number of ketones is 1. The second kappa shape index (κ2) is 6.70. The fourth-order valence-corrected chi connectivity index (χ4v) is 1.67. The van der Waals surface area contributed by atoms with Crippen LogP contribution in [0.2, 0.25) is 19.6 Å². The van der Waals surface area contributed by atoms with Crippen LogP contribution in [0.4, 0.5) is 0 Å². The van der Waals surface area contributed by atoms with Gasteiger partial charge in [0, 0.05) is 4.90 Å². The Labute approximate surface area is 110 Å². The Morgan fingerprint density at radius 2 is 2.06 bits per heavy atom. The third kappa shape index (κ3) is 6.56. The summed E-state index contributed by atoms with van der Waals surface area (Å²) in [4.78, 5) is 11.9. The predicted molar refractivity (Wildman–Crippen MR) is 74.0 cm³/mol. The van der Waals surface area contributed by atoms with E-state index in [0.717, 1.165) is 6.21 Å². The first kappa shape index (κ1) is 16.9. The Hall–Kier alpha value is -1.14. The molecule has 0 radical (unpaired) electrons. The summed E-state index contributed by atoms with van der Waals surface area (Å²) in [6.07, 6.45) is 3.44. The SMILES string of the molecule is C=CCCOC(C)(/C=[N+](\[O-])O[Si](C)(C)C)C(C)=O. The van der Waals surface area contributed by atoms with E-state index in [9.17, 15) is 10.0 Å². The van der Waals surface area contributed by atoms with Gasteiger partial charge in [-0.3, -0.25) is 10.0 Å². The van der Waals surface area contributed by atoms with Crippen LogP contribution in [0.1, 0.15) is 20.3 Å². The highest BCUT2D eigenvalue weighted by atomic mass is 28.4. The summed E-state index contributed by atoms with van der Waals surface area (Å²) in [6, 6.07) is 0. The number of hydrogen-bond donors (Lipinski definition) is 0. The van der Waals surface area contributed by atoms with Gasteiger partial charge < -0.3 is 9.26 Å². The van der Waals surface area contributed by atoms with Gasteiger partial charge in [-0.05, 0) is 20.3 Å². The molecule has 0 bridgehead atoms. The second-order valence-electron chi connectivity index (χ2n) is 5.21. The van der Waals surface area contributed by atoms with Gasteiger partial charge in [0.05, 0.1) is 6.61 Å². The molecular weight excluding hydrogens is 250 g/mol. The van der Waals surface area contributed by atoms with Gasteiger partial charge in [0.2, 0.25) is 11.8 Å².